The minimum atomic E-state index is 1.10. The van der Waals surface area contributed by atoms with Gasteiger partial charge in [0.05, 0.1) is 33.1 Å². The van der Waals surface area contributed by atoms with Crippen LogP contribution in [0.4, 0.5) is 17.1 Å². The van der Waals surface area contributed by atoms with Crippen LogP contribution in [-0.2, 0) is 0 Å². The fourth-order valence-electron chi connectivity index (χ4n) is 9.95. The fourth-order valence-corrected chi connectivity index (χ4v) is 9.95. The molecule has 4 heterocycles. The number of hydrogen-bond donors (Lipinski definition) is 0. The van der Waals surface area contributed by atoms with E-state index in [0.29, 0.717) is 0 Å². The summed E-state index contributed by atoms with van der Waals surface area (Å²) in [5, 5.41) is 6.35. The molecule has 280 valence electrons. The predicted octanol–water partition coefficient (Wildman–Crippen LogP) is 15.0. The van der Waals surface area contributed by atoms with E-state index in [4.69, 9.17) is 0 Å². The lowest BCUT2D eigenvalue weighted by Crippen LogP contribution is -2.10. The third kappa shape index (κ3) is 4.67. The summed E-state index contributed by atoms with van der Waals surface area (Å²) in [5.74, 6) is 0. The van der Waals surface area contributed by atoms with E-state index in [1.165, 1.54) is 87.9 Å². The van der Waals surface area contributed by atoms with Crippen molar-refractivity contribution in [1.29, 1.82) is 0 Å². The number of anilines is 3. The lowest BCUT2D eigenvalue weighted by molar-refractivity contribution is 1.18. The summed E-state index contributed by atoms with van der Waals surface area (Å²) in [6, 6.07) is 79.4. The Morgan fingerprint density at radius 1 is 0.300 bits per heavy atom. The van der Waals surface area contributed by atoms with Crippen LogP contribution in [0.3, 0.4) is 0 Å². The molecule has 0 fully saturated rings. The summed E-state index contributed by atoms with van der Waals surface area (Å²) in [5.41, 5.74) is 17.7. The first-order valence-electron chi connectivity index (χ1n) is 20.6. The number of nitrogens with zero attached hydrogens (tertiary/aromatic N) is 4. The summed E-state index contributed by atoms with van der Waals surface area (Å²) in [6.07, 6.45) is 0. The second-order valence-corrected chi connectivity index (χ2v) is 15.8. The van der Waals surface area contributed by atoms with Crippen LogP contribution in [0.15, 0.2) is 218 Å². The molecule has 60 heavy (non-hydrogen) atoms. The zero-order valence-corrected chi connectivity index (χ0v) is 32.6. The Hall–Kier alpha value is -8.08. The van der Waals surface area contributed by atoms with Gasteiger partial charge in [0.15, 0.2) is 0 Å². The van der Waals surface area contributed by atoms with E-state index >= 15 is 0 Å². The van der Waals surface area contributed by atoms with E-state index in [2.05, 4.69) is 237 Å². The topological polar surface area (TPSA) is 17.0 Å². The van der Waals surface area contributed by atoms with Gasteiger partial charge in [-0.25, -0.2) is 0 Å². The highest BCUT2D eigenvalue weighted by molar-refractivity contribution is 6.31. The molecule has 0 amide bonds. The average molecular weight is 765 g/mol. The Morgan fingerprint density at radius 2 is 0.800 bits per heavy atom. The molecule has 4 heteroatoms. The van der Waals surface area contributed by atoms with Gasteiger partial charge in [-0.15, -0.1) is 0 Å². The Balaban J connectivity index is 1.10. The van der Waals surface area contributed by atoms with Crippen molar-refractivity contribution < 1.29 is 0 Å². The molecule has 13 aromatic rings. The summed E-state index contributed by atoms with van der Waals surface area (Å²) in [6.45, 7) is 0. The van der Waals surface area contributed by atoms with Crippen LogP contribution in [0, 0.1) is 0 Å². The van der Waals surface area contributed by atoms with Crippen LogP contribution in [0.1, 0.15) is 0 Å². The molecular weight excluding hydrogens is 729 g/mol. The quantitative estimate of drug-likeness (QED) is 0.165. The average Bonchev–Trinajstić information content (AvgIpc) is 4.04. The van der Waals surface area contributed by atoms with Crippen LogP contribution in [0.25, 0.3) is 93.6 Å². The summed E-state index contributed by atoms with van der Waals surface area (Å²) >= 11 is 0. The Kier molecular flexibility index (Phi) is 6.98. The maximum atomic E-state index is 2.56. The zero-order valence-electron chi connectivity index (χ0n) is 32.6. The second-order valence-electron chi connectivity index (χ2n) is 15.8. The Labute approximate surface area is 346 Å². The number of para-hydroxylation sites is 3. The SMILES string of the molecule is c1ccc(-c2ccc(N(c3ccc(-c4ccccc4)cc3)c3ccc4c(c3)n3c5c(ccc6c5c5ccccc5n6-c5ccccc5)c5c6ccccc6n4c53)cc2)cc1. The highest BCUT2D eigenvalue weighted by Crippen LogP contribution is 2.47. The smallest absolute Gasteiger partial charge is 0.131 e. The largest absolute Gasteiger partial charge is 0.310 e. The van der Waals surface area contributed by atoms with Crippen LogP contribution in [0.2, 0.25) is 0 Å². The van der Waals surface area contributed by atoms with Gasteiger partial charge in [0, 0.05) is 49.7 Å². The van der Waals surface area contributed by atoms with E-state index in [9.17, 15) is 0 Å². The maximum absolute atomic E-state index is 2.56. The van der Waals surface area contributed by atoms with Crippen LogP contribution < -0.4 is 4.90 Å². The van der Waals surface area contributed by atoms with Crippen LogP contribution >= 0.6 is 0 Å². The fraction of sp³-hybridized carbons (Fsp3) is 0. The Morgan fingerprint density at radius 3 is 1.43 bits per heavy atom. The van der Waals surface area contributed by atoms with Gasteiger partial charge in [-0.05, 0) is 101 Å². The molecule has 0 spiro atoms. The van der Waals surface area contributed by atoms with Crippen molar-refractivity contribution in [3.05, 3.63) is 218 Å². The monoisotopic (exact) mass is 764 g/mol. The molecule has 0 saturated carbocycles. The van der Waals surface area contributed by atoms with E-state index in [0.717, 1.165) is 22.7 Å². The zero-order chi connectivity index (χ0) is 39.3. The standard InChI is InChI=1S/C56H36N4/c1-4-14-37(15-5-1)39-24-28-42(29-25-39)57(43-30-26-40(27-31-43)38-16-6-2-7-17-38)44-32-34-50-52(36-44)60-55-47(53-45-20-10-13-23-49(45)59(50)56(53)60)33-35-51-54(55)46-21-11-12-22-48(46)58(51)41-18-8-3-9-19-41/h1-36H. The van der Waals surface area contributed by atoms with E-state index in [-0.39, 0.29) is 0 Å². The van der Waals surface area contributed by atoms with Crippen molar-refractivity contribution in [2.75, 3.05) is 4.90 Å². The number of benzene rings is 9. The van der Waals surface area contributed by atoms with Gasteiger partial charge in [-0.3, -0.25) is 8.80 Å². The molecule has 4 aromatic heterocycles. The molecule has 0 bridgehead atoms. The lowest BCUT2D eigenvalue weighted by Gasteiger charge is -2.26. The minimum absolute atomic E-state index is 1.10. The van der Waals surface area contributed by atoms with Crippen molar-refractivity contribution in [2.24, 2.45) is 0 Å². The number of imidazole rings is 1. The van der Waals surface area contributed by atoms with E-state index in [1.54, 1.807) is 0 Å². The van der Waals surface area contributed by atoms with Gasteiger partial charge >= 0.3 is 0 Å². The molecule has 0 saturated heterocycles. The Bertz CT molecular complexity index is 3640. The predicted molar refractivity (Wildman–Crippen MR) is 252 cm³/mol. The summed E-state index contributed by atoms with van der Waals surface area (Å²) < 4.78 is 7.47. The van der Waals surface area contributed by atoms with Crippen LogP contribution in [-0.4, -0.2) is 13.4 Å². The second kappa shape index (κ2) is 12.7. The molecule has 0 unspecified atom stereocenters. The summed E-state index contributed by atoms with van der Waals surface area (Å²) in [7, 11) is 0. The van der Waals surface area contributed by atoms with Crippen molar-refractivity contribution in [1.82, 2.24) is 13.4 Å². The first-order valence-corrected chi connectivity index (χ1v) is 20.6. The van der Waals surface area contributed by atoms with Crippen molar-refractivity contribution in [3.63, 3.8) is 0 Å². The number of fused-ring (bicyclic) bond motifs is 13. The van der Waals surface area contributed by atoms with E-state index < -0.39 is 0 Å². The molecule has 0 aliphatic rings. The number of hydrogen-bond acceptors (Lipinski definition) is 1. The molecule has 0 N–H and O–H groups in total. The van der Waals surface area contributed by atoms with Crippen molar-refractivity contribution in [3.8, 4) is 27.9 Å². The molecule has 9 aromatic carbocycles. The van der Waals surface area contributed by atoms with Gasteiger partial charge in [0.1, 0.15) is 5.65 Å². The van der Waals surface area contributed by atoms with Gasteiger partial charge < -0.3 is 9.47 Å². The van der Waals surface area contributed by atoms with Crippen molar-refractivity contribution >= 4 is 82.7 Å². The van der Waals surface area contributed by atoms with Gasteiger partial charge in [0.2, 0.25) is 0 Å². The van der Waals surface area contributed by atoms with Crippen molar-refractivity contribution in [2.45, 2.75) is 0 Å². The first-order chi connectivity index (χ1) is 29.8. The maximum Gasteiger partial charge on any atom is 0.131 e. The van der Waals surface area contributed by atoms with Gasteiger partial charge in [-0.2, -0.15) is 0 Å². The number of aromatic nitrogens is 3. The minimum Gasteiger partial charge on any atom is -0.310 e. The van der Waals surface area contributed by atoms with E-state index in [1.807, 2.05) is 0 Å². The summed E-state index contributed by atoms with van der Waals surface area (Å²) in [4.78, 5) is 2.40. The lowest BCUT2D eigenvalue weighted by atomic mass is 10.0. The molecule has 4 nitrogen and oxygen atoms in total. The third-order valence-electron chi connectivity index (χ3n) is 12.5. The van der Waals surface area contributed by atoms with Gasteiger partial charge in [-0.1, -0.05) is 140 Å². The molecule has 13 rings (SSSR count). The highest BCUT2D eigenvalue weighted by atomic mass is 15.2. The number of rotatable bonds is 6. The molecule has 0 atom stereocenters. The van der Waals surface area contributed by atoms with Gasteiger partial charge in [0.25, 0.3) is 0 Å². The normalized spacial score (nSPS) is 12.0. The molecule has 0 aliphatic heterocycles. The molecule has 0 radical (unpaired) electrons. The molecular formula is C56H36N4. The third-order valence-corrected chi connectivity index (χ3v) is 12.5. The highest BCUT2D eigenvalue weighted by Gasteiger charge is 2.27. The first kappa shape index (κ1) is 32.9. The van der Waals surface area contributed by atoms with Crippen LogP contribution in [0.5, 0.6) is 0 Å². The molecule has 0 aliphatic carbocycles.